The summed E-state index contributed by atoms with van der Waals surface area (Å²) in [4.78, 5) is 11.2. The standard InChI is InChI=1S/C13H12O2/c14-10-4-5-11-9(8-10)3-6-13-12(11)2-1-7-15-13/h3-6,8,13H,1-2,7H2. The minimum Gasteiger partial charge on any atom is -0.370 e. The number of rotatable bonds is 0. The molecule has 3 aliphatic rings. The molecule has 0 saturated carbocycles. The SMILES string of the molecule is O=C1C=CC2=C3CCCOC3C=CC2=C1. The lowest BCUT2D eigenvalue weighted by atomic mass is 9.84. The first kappa shape index (κ1) is 8.86. The van der Waals surface area contributed by atoms with Gasteiger partial charge in [0, 0.05) is 6.61 Å². The third-order valence-corrected chi connectivity index (χ3v) is 3.05. The Balaban J connectivity index is 2.08. The van der Waals surface area contributed by atoms with Gasteiger partial charge in [-0.2, -0.15) is 0 Å². The summed E-state index contributed by atoms with van der Waals surface area (Å²) in [6.07, 6.45) is 11.6. The largest absolute Gasteiger partial charge is 0.370 e. The van der Waals surface area contributed by atoms with Gasteiger partial charge in [0.15, 0.2) is 5.78 Å². The molecule has 1 aliphatic heterocycles. The Morgan fingerprint density at radius 1 is 1.27 bits per heavy atom. The van der Waals surface area contributed by atoms with Crippen LogP contribution < -0.4 is 0 Å². The Kier molecular flexibility index (Phi) is 1.96. The van der Waals surface area contributed by atoms with Crippen molar-refractivity contribution < 1.29 is 9.53 Å². The van der Waals surface area contributed by atoms with Crippen LogP contribution in [0.2, 0.25) is 0 Å². The van der Waals surface area contributed by atoms with Gasteiger partial charge in [0.05, 0.1) is 6.10 Å². The number of hydrogen-bond acceptors (Lipinski definition) is 2. The second-order valence-electron chi connectivity index (χ2n) is 4.03. The second kappa shape index (κ2) is 3.31. The molecule has 1 heterocycles. The fourth-order valence-electron chi connectivity index (χ4n) is 2.34. The molecule has 2 aliphatic carbocycles. The van der Waals surface area contributed by atoms with Crippen LogP contribution >= 0.6 is 0 Å². The van der Waals surface area contributed by atoms with Gasteiger partial charge >= 0.3 is 0 Å². The molecule has 2 nitrogen and oxygen atoms in total. The molecule has 0 aromatic heterocycles. The van der Waals surface area contributed by atoms with Gasteiger partial charge in [-0.25, -0.2) is 0 Å². The van der Waals surface area contributed by atoms with Crippen molar-refractivity contribution >= 4 is 5.78 Å². The average Bonchev–Trinajstić information content (AvgIpc) is 2.28. The minimum absolute atomic E-state index is 0.0779. The van der Waals surface area contributed by atoms with Crippen molar-refractivity contribution in [2.75, 3.05) is 6.61 Å². The molecule has 0 radical (unpaired) electrons. The average molecular weight is 200 g/mol. The summed E-state index contributed by atoms with van der Waals surface area (Å²) >= 11 is 0. The summed E-state index contributed by atoms with van der Waals surface area (Å²) < 4.78 is 5.67. The monoisotopic (exact) mass is 200 g/mol. The highest BCUT2D eigenvalue weighted by molar-refractivity contribution is 6.03. The molecule has 0 N–H and O–H groups in total. The molecule has 0 amide bonds. The first-order chi connectivity index (χ1) is 7.34. The molecule has 1 fully saturated rings. The molecule has 76 valence electrons. The fourth-order valence-corrected chi connectivity index (χ4v) is 2.34. The molecular formula is C13H12O2. The van der Waals surface area contributed by atoms with Crippen molar-refractivity contribution in [1.29, 1.82) is 0 Å². The van der Waals surface area contributed by atoms with E-state index in [1.54, 1.807) is 12.2 Å². The predicted octanol–water partition coefficient (Wildman–Crippen LogP) is 2.10. The summed E-state index contributed by atoms with van der Waals surface area (Å²) in [5, 5.41) is 0. The molecule has 0 bridgehead atoms. The summed E-state index contributed by atoms with van der Waals surface area (Å²) in [7, 11) is 0. The summed E-state index contributed by atoms with van der Waals surface area (Å²) in [6, 6.07) is 0. The van der Waals surface area contributed by atoms with E-state index >= 15 is 0 Å². The van der Waals surface area contributed by atoms with Gasteiger partial charge in [-0.15, -0.1) is 0 Å². The molecular weight excluding hydrogens is 188 g/mol. The van der Waals surface area contributed by atoms with Crippen molar-refractivity contribution in [1.82, 2.24) is 0 Å². The van der Waals surface area contributed by atoms with E-state index in [-0.39, 0.29) is 11.9 Å². The highest BCUT2D eigenvalue weighted by Crippen LogP contribution is 2.34. The zero-order valence-electron chi connectivity index (χ0n) is 8.40. The fraction of sp³-hybridized carbons (Fsp3) is 0.308. The van der Waals surface area contributed by atoms with Gasteiger partial charge in [-0.3, -0.25) is 4.79 Å². The van der Waals surface area contributed by atoms with E-state index in [4.69, 9.17) is 4.74 Å². The maximum absolute atomic E-state index is 11.2. The van der Waals surface area contributed by atoms with Crippen LogP contribution in [-0.2, 0) is 9.53 Å². The van der Waals surface area contributed by atoms with E-state index in [2.05, 4.69) is 6.08 Å². The van der Waals surface area contributed by atoms with Crippen molar-refractivity contribution in [3.05, 3.63) is 47.1 Å². The van der Waals surface area contributed by atoms with Crippen LogP contribution in [0.3, 0.4) is 0 Å². The quantitative estimate of drug-likeness (QED) is 0.598. The van der Waals surface area contributed by atoms with E-state index in [1.165, 1.54) is 11.1 Å². The lowest BCUT2D eigenvalue weighted by Gasteiger charge is -2.29. The molecule has 1 unspecified atom stereocenters. The van der Waals surface area contributed by atoms with Crippen molar-refractivity contribution in [3.63, 3.8) is 0 Å². The number of ether oxygens (including phenoxy) is 1. The molecule has 0 aromatic rings. The number of fused-ring (bicyclic) bond motifs is 2. The van der Waals surface area contributed by atoms with Crippen LogP contribution in [0.1, 0.15) is 12.8 Å². The molecule has 1 atom stereocenters. The zero-order chi connectivity index (χ0) is 10.3. The van der Waals surface area contributed by atoms with Crippen LogP contribution in [0.25, 0.3) is 0 Å². The first-order valence-corrected chi connectivity index (χ1v) is 5.31. The third-order valence-electron chi connectivity index (χ3n) is 3.05. The van der Waals surface area contributed by atoms with Crippen molar-refractivity contribution in [2.24, 2.45) is 0 Å². The van der Waals surface area contributed by atoms with Crippen LogP contribution in [0.15, 0.2) is 47.1 Å². The Morgan fingerprint density at radius 3 is 3.13 bits per heavy atom. The minimum atomic E-state index is 0.0779. The zero-order valence-corrected chi connectivity index (χ0v) is 8.40. The van der Waals surface area contributed by atoms with Crippen LogP contribution in [0.4, 0.5) is 0 Å². The van der Waals surface area contributed by atoms with Crippen molar-refractivity contribution in [3.8, 4) is 0 Å². The van der Waals surface area contributed by atoms with Gasteiger partial charge in [0.25, 0.3) is 0 Å². The van der Waals surface area contributed by atoms with Gasteiger partial charge < -0.3 is 4.74 Å². The predicted molar refractivity (Wildman–Crippen MR) is 57.4 cm³/mol. The lowest BCUT2D eigenvalue weighted by Crippen LogP contribution is -2.24. The van der Waals surface area contributed by atoms with E-state index in [9.17, 15) is 4.79 Å². The number of ketones is 1. The van der Waals surface area contributed by atoms with Crippen LogP contribution in [0, 0.1) is 0 Å². The lowest BCUT2D eigenvalue weighted by molar-refractivity contribution is -0.110. The van der Waals surface area contributed by atoms with E-state index in [1.807, 2.05) is 12.2 Å². The summed E-state index contributed by atoms with van der Waals surface area (Å²) in [6.45, 7) is 0.841. The van der Waals surface area contributed by atoms with Gasteiger partial charge in [0.2, 0.25) is 0 Å². The van der Waals surface area contributed by atoms with Crippen LogP contribution in [0.5, 0.6) is 0 Å². The normalized spacial score (nSPS) is 28.7. The topological polar surface area (TPSA) is 26.3 Å². The number of allylic oxidation sites excluding steroid dienone is 6. The molecule has 1 saturated heterocycles. The van der Waals surface area contributed by atoms with E-state index in [0.29, 0.717) is 0 Å². The first-order valence-electron chi connectivity index (χ1n) is 5.31. The molecule has 2 heteroatoms. The Morgan fingerprint density at radius 2 is 2.20 bits per heavy atom. The smallest absolute Gasteiger partial charge is 0.179 e. The van der Waals surface area contributed by atoms with Gasteiger partial charge in [-0.1, -0.05) is 18.2 Å². The number of carbonyl (C=O) groups excluding carboxylic acids is 1. The molecule has 3 rings (SSSR count). The maximum atomic E-state index is 11.2. The Hall–Kier alpha value is -1.41. The van der Waals surface area contributed by atoms with E-state index < -0.39 is 0 Å². The highest BCUT2D eigenvalue weighted by Gasteiger charge is 2.25. The summed E-state index contributed by atoms with van der Waals surface area (Å²) in [5.41, 5.74) is 3.57. The number of hydrogen-bond donors (Lipinski definition) is 0. The third kappa shape index (κ3) is 1.41. The maximum Gasteiger partial charge on any atom is 0.179 e. The van der Waals surface area contributed by atoms with Crippen molar-refractivity contribution in [2.45, 2.75) is 18.9 Å². The molecule has 15 heavy (non-hydrogen) atoms. The molecule has 0 spiro atoms. The van der Waals surface area contributed by atoms with Gasteiger partial charge in [-0.05, 0) is 41.7 Å². The Bertz CT molecular complexity index is 435. The second-order valence-corrected chi connectivity index (χ2v) is 4.03. The summed E-state index contributed by atoms with van der Waals surface area (Å²) in [5.74, 6) is 0.0779. The number of carbonyl (C=O) groups is 1. The highest BCUT2D eigenvalue weighted by atomic mass is 16.5. The molecule has 0 aromatic carbocycles. The van der Waals surface area contributed by atoms with E-state index in [0.717, 1.165) is 25.0 Å². The Labute approximate surface area is 88.6 Å². The van der Waals surface area contributed by atoms with Gasteiger partial charge in [0.1, 0.15) is 0 Å². The van der Waals surface area contributed by atoms with Crippen LogP contribution in [-0.4, -0.2) is 18.5 Å².